The summed E-state index contributed by atoms with van der Waals surface area (Å²) in [5, 5.41) is 0. The van der Waals surface area contributed by atoms with Crippen LogP contribution in [0, 0.1) is 0 Å². The molecule has 0 saturated heterocycles. The smallest absolute Gasteiger partial charge is 0.0383 e. The SMILES string of the molecule is CCC/N=C/CN. The number of hydrogen-bond donors (Lipinski definition) is 1. The van der Waals surface area contributed by atoms with Crippen LogP contribution >= 0.6 is 0 Å². The van der Waals surface area contributed by atoms with Crippen LogP contribution in [0.3, 0.4) is 0 Å². The Balaban J connectivity index is 2.78. The van der Waals surface area contributed by atoms with Gasteiger partial charge in [0.1, 0.15) is 0 Å². The fourth-order valence-electron chi connectivity index (χ4n) is 0.295. The lowest BCUT2D eigenvalue weighted by Gasteiger charge is -1.81. The van der Waals surface area contributed by atoms with Crippen molar-refractivity contribution in [2.24, 2.45) is 10.7 Å². The van der Waals surface area contributed by atoms with Gasteiger partial charge in [-0.25, -0.2) is 0 Å². The van der Waals surface area contributed by atoms with Crippen LogP contribution in [-0.2, 0) is 0 Å². The molecule has 0 amide bonds. The van der Waals surface area contributed by atoms with Gasteiger partial charge < -0.3 is 5.73 Å². The van der Waals surface area contributed by atoms with Gasteiger partial charge in [0.25, 0.3) is 0 Å². The zero-order valence-corrected chi connectivity index (χ0v) is 4.72. The first-order valence-electron chi connectivity index (χ1n) is 2.60. The van der Waals surface area contributed by atoms with Gasteiger partial charge in [-0.3, -0.25) is 4.99 Å². The molecule has 0 aliphatic carbocycles. The van der Waals surface area contributed by atoms with E-state index < -0.39 is 0 Å². The van der Waals surface area contributed by atoms with Gasteiger partial charge in [0.15, 0.2) is 0 Å². The molecule has 0 aliphatic rings. The molecule has 0 unspecified atom stereocenters. The second kappa shape index (κ2) is 5.63. The molecule has 0 aliphatic heterocycles. The summed E-state index contributed by atoms with van der Waals surface area (Å²) in [7, 11) is 0. The fraction of sp³-hybridized carbons (Fsp3) is 0.800. The third-order valence-corrected chi connectivity index (χ3v) is 0.587. The van der Waals surface area contributed by atoms with Crippen molar-refractivity contribution in [1.29, 1.82) is 0 Å². The van der Waals surface area contributed by atoms with Gasteiger partial charge in [0, 0.05) is 19.3 Å². The minimum atomic E-state index is 0.569. The summed E-state index contributed by atoms with van der Waals surface area (Å²) in [6.07, 6.45) is 2.85. The molecule has 0 bridgehead atoms. The van der Waals surface area contributed by atoms with Gasteiger partial charge in [-0.2, -0.15) is 0 Å². The highest BCUT2D eigenvalue weighted by atomic mass is 14.7. The van der Waals surface area contributed by atoms with Gasteiger partial charge in [-0.15, -0.1) is 0 Å². The van der Waals surface area contributed by atoms with Crippen molar-refractivity contribution in [3.05, 3.63) is 0 Å². The maximum atomic E-state index is 5.12. The molecule has 0 spiro atoms. The van der Waals surface area contributed by atoms with E-state index in [1.807, 2.05) is 0 Å². The molecule has 0 aromatic carbocycles. The van der Waals surface area contributed by atoms with E-state index in [0.29, 0.717) is 6.54 Å². The maximum Gasteiger partial charge on any atom is 0.0383 e. The molecule has 2 heteroatoms. The van der Waals surface area contributed by atoms with Crippen molar-refractivity contribution in [2.75, 3.05) is 13.1 Å². The molecule has 0 fully saturated rings. The number of rotatable bonds is 3. The van der Waals surface area contributed by atoms with Crippen molar-refractivity contribution >= 4 is 6.21 Å². The molecule has 2 N–H and O–H groups in total. The fourth-order valence-corrected chi connectivity index (χ4v) is 0.295. The molecule has 0 heterocycles. The molecular weight excluding hydrogens is 88.1 g/mol. The highest BCUT2D eigenvalue weighted by Gasteiger charge is 1.68. The molecule has 0 aromatic rings. The predicted octanol–water partition coefficient (Wildman–Crippen LogP) is 0.426. The molecule has 7 heavy (non-hydrogen) atoms. The lowest BCUT2D eigenvalue weighted by Crippen LogP contribution is -1.99. The summed E-state index contributed by atoms with van der Waals surface area (Å²) in [5.41, 5.74) is 5.12. The summed E-state index contributed by atoms with van der Waals surface area (Å²) < 4.78 is 0. The zero-order chi connectivity index (χ0) is 5.54. The molecular formula is C5H12N2. The highest BCUT2D eigenvalue weighted by Crippen LogP contribution is 1.72. The quantitative estimate of drug-likeness (QED) is 0.513. The number of nitrogens with zero attached hydrogens (tertiary/aromatic N) is 1. The van der Waals surface area contributed by atoms with Crippen molar-refractivity contribution in [3.63, 3.8) is 0 Å². The monoisotopic (exact) mass is 100 g/mol. The molecule has 0 aromatic heterocycles. The van der Waals surface area contributed by atoms with Crippen molar-refractivity contribution in [3.8, 4) is 0 Å². The van der Waals surface area contributed by atoms with E-state index in [2.05, 4.69) is 11.9 Å². The Kier molecular flexibility index (Phi) is 5.33. The average Bonchev–Trinajstić information content (AvgIpc) is 1.69. The van der Waals surface area contributed by atoms with E-state index in [1.54, 1.807) is 6.21 Å². The van der Waals surface area contributed by atoms with E-state index in [-0.39, 0.29) is 0 Å². The lowest BCUT2D eigenvalue weighted by molar-refractivity contribution is 0.934. The first-order chi connectivity index (χ1) is 3.41. The normalized spacial score (nSPS) is 10.6. The second-order valence-electron chi connectivity index (χ2n) is 1.32. The third kappa shape index (κ3) is 5.63. The molecule has 2 nitrogen and oxygen atoms in total. The Morgan fingerprint density at radius 2 is 2.43 bits per heavy atom. The number of hydrogen-bond acceptors (Lipinski definition) is 2. The van der Waals surface area contributed by atoms with Gasteiger partial charge in [-0.05, 0) is 6.42 Å². The van der Waals surface area contributed by atoms with Gasteiger partial charge in [0.05, 0.1) is 0 Å². The standard InChI is InChI=1S/C5H12N2/c1-2-4-7-5-3-6/h5H,2-4,6H2,1H3/b7-5+. The van der Waals surface area contributed by atoms with Crippen molar-refractivity contribution in [2.45, 2.75) is 13.3 Å². The maximum absolute atomic E-state index is 5.12. The van der Waals surface area contributed by atoms with Crippen LogP contribution in [0.1, 0.15) is 13.3 Å². The van der Waals surface area contributed by atoms with Crippen LogP contribution in [0.5, 0.6) is 0 Å². The Morgan fingerprint density at radius 3 is 2.86 bits per heavy atom. The number of nitrogens with two attached hydrogens (primary N) is 1. The van der Waals surface area contributed by atoms with Gasteiger partial charge >= 0.3 is 0 Å². The first kappa shape index (κ1) is 6.63. The van der Waals surface area contributed by atoms with Crippen LogP contribution < -0.4 is 5.73 Å². The van der Waals surface area contributed by atoms with Crippen LogP contribution in [0.2, 0.25) is 0 Å². The molecule has 0 atom stereocenters. The van der Waals surface area contributed by atoms with Crippen LogP contribution in [0.4, 0.5) is 0 Å². The summed E-state index contributed by atoms with van der Waals surface area (Å²) in [6, 6.07) is 0. The molecule has 0 rings (SSSR count). The minimum Gasteiger partial charge on any atom is -0.326 e. The van der Waals surface area contributed by atoms with E-state index in [9.17, 15) is 0 Å². The zero-order valence-electron chi connectivity index (χ0n) is 4.72. The van der Waals surface area contributed by atoms with Crippen LogP contribution in [0.15, 0.2) is 4.99 Å². The lowest BCUT2D eigenvalue weighted by atomic mass is 10.5. The summed E-state index contributed by atoms with van der Waals surface area (Å²) >= 11 is 0. The van der Waals surface area contributed by atoms with Crippen LogP contribution in [0.25, 0.3) is 0 Å². The summed E-state index contributed by atoms with van der Waals surface area (Å²) in [4.78, 5) is 3.96. The van der Waals surface area contributed by atoms with E-state index in [4.69, 9.17) is 5.73 Å². The molecule has 0 radical (unpaired) electrons. The summed E-state index contributed by atoms with van der Waals surface area (Å²) in [5.74, 6) is 0. The number of aliphatic imine (C=N–C) groups is 1. The van der Waals surface area contributed by atoms with Crippen molar-refractivity contribution in [1.82, 2.24) is 0 Å². The third-order valence-electron chi connectivity index (χ3n) is 0.587. The Hall–Kier alpha value is -0.370. The minimum absolute atomic E-state index is 0.569. The van der Waals surface area contributed by atoms with Gasteiger partial charge in [-0.1, -0.05) is 6.92 Å². The van der Waals surface area contributed by atoms with Crippen LogP contribution in [-0.4, -0.2) is 19.3 Å². The summed E-state index contributed by atoms with van der Waals surface area (Å²) in [6.45, 7) is 3.57. The average molecular weight is 100 g/mol. The predicted molar refractivity (Wildman–Crippen MR) is 32.7 cm³/mol. The van der Waals surface area contributed by atoms with Crippen molar-refractivity contribution < 1.29 is 0 Å². The van der Waals surface area contributed by atoms with E-state index in [1.165, 1.54) is 0 Å². The topological polar surface area (TPSA) is 38.4 Å². The Bertz CT molecular complexity index is 50.0. The molecule has 42 valence electrons. The molecule has 0 saturated carbocycles. The van der Waals surface area contributed by atoms with E-state index >= 15 is 0 Å². The Labute approximate surface area is 44.4 Å². The highest BCUT2D eigenvalue weighted by molar-refractivity contribution is 5.58. The van der Waals surface area contributed by atoms with Gasteiger partial charge in [0.2, 0.25) is 0 Å². The first-order valence-corrected chi connectivity index (χ1v) is 2.60. The second-order valence-corrected chi connectivity index (χ2v) is 1.32. The largest absolute Gasteiger partial charge is 0.326 e. The Morgan fingerprint density at radius 1 is 1.71 bits per heavy atom. The van der Waals surface area contributed by atoms with E-state index in [0.717, 1.165) is 13.0 Å².